The maximum Gasteiger partial charge on any atom is 0.139 e. The van der Waals surface area contributed by atoms with Gasteiger partial charge in [0.15, 0.2) is 0 Å². The van der Waals surface area contributed by atoms with Gasteiger partial charge in [0.05, 0.1) is 17.8 Å². The van der Waals surface area contributed by atoms with E-state index in [-0.39, 0.29) is 0 Å². The molecule has 152 valence electrons. The Hall–Kier alpha value is -2.71. The molecule has 4 heterocycles. The third kappa shape index (κ3) is 3.54. The number of nitrogens with zero attached hydrogens (tertiary/aromatic N) is 7. The second-order valence-corrected chi connectivity index (χ2v) is 7.93. The summed E-state index contributed by atoms with van der Waals surface area (Å²) in [6.45, 7) is 7.40. The zero-order valence-electron chi connectivity index (χ0n) is 17.1. The van der Waals surface area contributed by atoms with E-state index in [0.717, 1.165) is 68.4 Å². The van der Waals surface area contributed by atoms with Gasteiger partial charge in [-0.3, -0.25) is 4.90 Å². The molecule has 0 spiro atoms. The molecule has 2 aliphatic rings. The SMILES string of the molecule is CN(C)c1ncnc2ccc(N3CCN(Cc4cnc5n4CCOC5)CC3)cc12. The predicted octanol–water partition coefficient (Wildman–Crippen LogP) is 1.74. The second kappa shape index (κ2) is 7.61. The molecular weight excluding hydrogens is 366 g/mol. The number of imidazole rings is 1. The van der Waals surface area contributed by atoms with Crippen molar-refractivity contribution in [2.75, 3.05) is 56.7 Å². The molecule has 5 rings (SSSR count). The molecule has 29 heavy (non-hydrogen) atoms. The van der Waals surface area contributed by atoms with Crippen molar-refractivity contribution in [3.05, 3.63) is 42.2 Å². The number of aromatic nitrogens is 4. The topological polar surface area (TPSA) is 62.6 Å². The molecule has 0 saturated carbocycles. The van der Waals surface area contributed by atoms with Crippen molar-refractivity contribution < 1.29 is 4.74 Å². The zero-order valence-corrected chi connectivity index (χ0v) is 17.1. The number of hydrogen-bond donors (Lipinski definition) is 0. The molecule has 8 heteroatoms. The Kier molecular flexibility index (Phi) is 4.81. The highest BCUT2D eigenvalue weighted by atomic mass is 16.5. The summed E-state index contributed by atoms with van der Waals surface area (Å²) in [6, 6.07) is 6.51. The third-order valence-electron chi connectivity index (χ3n) is 5.86. The van der Waals surface area contributed by atoms with Crippen LogP contribution in [0.4, 0.5) is 11.5 Å². The van der Waals surface area contributed by atoms with E-state index in [2.05, 4.69) is 47.5 Å². The first-order chi connectivity index (χ1) is 14.2. The summed E-state index contributed by atoms with van der Waals surface area (Å²) >= 11 is 0. The Bertz CT molecular complexity index is 1010. The van der Waals surface area contributed by atoms with E-state index in [1.807, 2.05) is 25.2 Å². The summed E-state index contributed by atoms with van der Waals surface area (Å²) in [5.74, 6) is 2.02. The van der Waals surface area contributed by atoms with Crippen LogP contribution in [0.5, 0.6) is 0 Å². The zero-order chi connectivity index (χ0) is 19.8. The first-order valence-corrected chi connectivity index (χ1v) is 10.2. The van der Waals surface area contributed by atoms with Gasteiger partial charge in [-0.25, -0.2) is 15.0 Å². The van der Waals surface area contributed by atoms with Crippen LogP contribution in [0.25, 0.3) is 10.9 Å². The molecule has 0 atom stereocenters. The highest BCUT2D eigenvalue weighted by Crippen LogP contribution is 2.27. The van der Waals surface area contributed by atoms with E-state index in [9.17, 15) is 0 Å². The normalized spacial score (nSPS) is 17.5. The number of piperazine rings is 1. The van der Waals surface area contributed by atoms with Crippen LogP contribution >= 0.6 is 0 Å². The van der Waals surface area contributed by atoms with Gasteiger partial charge in [0.2, 0.25) is 0 Å². The van der Waals surface area contributed by atoms with Crippen molar-refractivity contribution in [2.45, 2.75) is 19.7 Å². The van der Waals surface area contributed by atoms with Crippen LogP contribution in [0.1, 0.15) is 11.5 Å². The van der Waals surface area contributed by atoms with Gasteiger partial charge in [0, 0.05) is 70.6 Å². The van der Waals surface area contributed by atoms with E-state index < -0.39 is 0 Å². The minimum absolute atomic E-state index is 0.633. The van der Waals surface area contributed by atoms with Gasteiger partial charge in [-0.15, -0.1) is 0 Å². The summed E-state index contributed by atoms with van der Waals surface area (Å²) in [5.41, 5.74) is 3.53. The van der Waals surface area contributed by atoms with Crippen molar-refractivity contribution in [2.24, 2.45) is 0 Å². The lowest BCUT2D eigenvalue weighted by Gasteiger charge is -2.36. The fraction of sp³-hybridized carbons (Fsp3) is 0.476. The number of hydrogen-bond acceptors (Lipinski definition) is 7. The molecule has 1 saturated heterocycles. The Labute approximate surface area is 170 Å². The van der Waals surface area contributed by atoms with E-state index in [1.54, 1.807) is 6.33 Å². The van der Waals surface area contributed by atoms with Crippen molar-refractivity contribution >= 4 is 22.4 Å². The molecule has 2 aliphatic heterocycles. The highest BCUT2D eigenvalue weighted by Gasteiger charge is 2.21. The second-order valence-electron chi connectivity index (χ2n) is 7.93. The summed E-state index contributed by atoms with van der Waals surface area (Å²) in [7, 11) is 4.04. The lowest BCUT2D eigenvalue weighted by atomic mass is 10.1. The standard InChI is InChI=1S/C21H27N7O/c1-25(2)21-18-11-16(3-4-19(18)23-15-24-21)27-7-5-26(6-8-27)13-17-12-22-20-14-29-10-9-28(17)20/h3-4,11-12,15H,5-10,13-14H2,1-2H3. The van der Waals surface area contributed by atoms with Crippen LogP contribution in [0, 0.1) is 0 Å². The van der Waals surface area contributed by atoms with Gasteiger partial charge >= 0.3 is 0 Å². The molecule has 0 aliphatic carbocycles. The molecule has 0 radical (unpaired) electrons. The average molecular weight is 393 g/mol. The first-order valence-electron chi connectivity index (χ1n) is 10.2. The quantitative estimate of drug-likeness (QED) is 0.669. The highest BCUT2D eigenvalue weighted by molar-refractivity contribution is 5.91. The maximum atomic E-state index is 5.50. The summed E-state index contributed by atoms with van der Waals surface area (Å²) in [5, 5.41) is 1.10. The molecule has 2 aromatic heterocycles. The summed E-state index contributed by atoms with van der Waals surface area (Å²) in [4.78, 5) is 20.4. The minimum atomic E-state index is 0.633. The Morgan fingerprint density at radius 2 is 1.90 bits per heavy atom. The Morgan fingerprint density at radius 3 is 2.72 bits per heavy atom. The van der Waals surface area contributed by atoms with E-state index in [0.29, 0.717) is 6.61 Å². The van der Waals surface area contributed by atoms with Crippen LogP contribution in [0.3, 0.4) is 0 Å². The number of benzene rings is 1. The number of anilines is 2. The Balaban J connectivity index is 1.28. The molecular formula is C21H27N7O. The molecule has 0 bridgehead atoms. The van der Waals surface area contributed by atoms with Crippen molar-refractivity contribution in [1.29, 1.82) is 0 Å². The molecule has 3 aromatic rings. The van der Waals surface area contributed by atoms with Gasteiger partial charge < -0.3 is 19.1 Å². The van der Waals surface area contributed by atoms with E-state index >= 15 is 0 Å². The summed E-state index contributed by atoms with van der Waals surface area (Å²) < 4.78 is 7.82. The van der Waals surface area contributed by atoms with E-state index in [4.69, 9.17) is 4.74 Å². The largest absolute Gasteiger partial charge is 0.372 e. The van der Waals surface area contributed by atoms with Gasteiger partial charge in [-0.05, 0) is 18.2 Å². The van der Waals surface area contributed by atoms with Crippen molar-refractivity contribution in [3.8, 4) is 0 Å². The van der Waals surface area contributed by atoms with Crippen LogP contribution in [0.2, 0.25) is 0 Å². The monoisotopic (exact) mass is 393 g/mol. The van der Waals surface area contributed by atoms with E-state index in [1.165, 1.54) is 11.4 Å². The van der Waals surface area contributed by atoms with Gasteiger partial charge in [-0.1, -0.05) is 0 Å². The summed E-state index contributed by atoms with van der Waals surface area (Å²) in [6.07, 6.45) is 3.65. The number of rotatable bonds is 4. The average Bonchev–Trinajstić information content (AvgIpc) is 3.16. The van der Waals surface area contributed by atoms with Crippen molar-refractivity contribution in [1.82, 2.24) is 24.4 Å². The molecule has 0 amide bonds. The molecule has 1 fully saturated rings. The first kappa shape index (κ1) is 18.3. The van der Waals surface area contributed by atoms with Crippen LogP contribution in [0.15, 0.2) is 30.7 Å². The smallest absolute Gasteiger partial charge is 0.139 e. The fourth-order valence-corrected chi connectivity index (χ4v) is 4.26. The van der Waals surface area contributed by atoms with Crippen molar-refractivity contribution in [3.63, 3.8) is 0 Å². The Morgan fingerprint density at radius 1 is 1.03 bits per heavy atom. The van der Waals surface area contributed by atoms with Gasteiger partial charge in [0.25, 0.3) is 0 Å². The lowest BCUT2D eigenvalue weighted by molar-refractivity contribution is 0.0795. The van der Waals surface area contributed by atoms with Crippen LogP contribution < -0.4 is 9.80 Å². The predicted molar refractivity (Wildman–Crippen MR) is 113 cm³/mol. The molecule has 0 unspecified atom stereocenters. The lowest BCUT2D eigenvalue weighted by Crippen LogP contribution is -2.46. The molecule has 1 aromatic carbocycles. The van der Waals surface area contributed by atoms with Crippen LogP contribution in [-0.2, 0) is 24.4 Å². The third-order valence-corrected chi connectivity index (χ3v) is 5.86. The number of fused-ring (bicyclic) bond motifs is 2. The number of ether oxygens (including phenoxy) is 1. The fourth-order valence-electron chi connectivity index (χ4n) is 4.26. The molecule has 0 N–H and O–H groups in total. The molecule has 8 nitrogen and oxygen atoms in total. The van der Waals surface area contributed by atoms with Gasteiger partial charge in [-0.2, -0.15) is 0 Å². The minimum Gasteiger partial charge on any atom is -0.372 e. The van der Waals surface area contributed by atoms with Crippen LogP contribution in [-0.4, -0.2) is 71.3 Å². The maximum absolute atomic E-state index is 5.50. The van der Waals surface area contributed by atoms with Gasteiger partial charge in [0.1, 0.15) is 24.6 Å².